The van der Waals surface area contributed by atoms with Gasteiger partial charge in [0.1, 0.15) is 11.5 Å². The number of ether oxygens (including phenoxy) is 1. The molecule has 86 valence electrons. The Morgan fingerprint density at radius 2 is 2.19 bits per heavy atom. The van der Waals surface area contributed by atoms with Gasteiger partial charge in [0.2, 0.25) is 0 Å². The Kier molecular flexibility index (Phi) is 4.22. The molecular weight excluding hydrogens is 248 g/mol. The van der Waals surface area contributed by atoms with Gasteiger partial charge in [-0.3, -0.25) is 0 Å². The molecule has 1 aromatic rings. The van der Waals surface area contributed by atoms with Crippen LogP contribution < -0.4 is 4.74 Å². The standard InChI is InChI=1S/C11H11ClO3S/c1-3-6-16(13,14)8-9-7-10(12)4-5-11(9)15-2/h1,4-5,7H,6,8H2,2H3. The molecule has 0 heterocycles. The van der Waals surface area contributed by atoms with E-state index >= 15 is 0 Å². The topological polar surface area (TPSA) is 43.4 Å². The third-order valence-electron chi connectivity index (χ3n) is 1.92. The molecule has 0 aliphatic heterocycles. The third-order valence-corrected chi connectivity index (χ3v) is 3.51. The summed E-state index contributed by atoms with van der Waals surface area (Å²) in [7, 11) is -1.84. The molecule has 3 nitrogen and oxygen atoms in total. The molecule has 0 bridgehead atoms. The number of rotatable bonds is 4. The Bertz CT molecular complexity index is 515. The Morgan fingerprint density at radius 1 is 1.50 bits per heavy atom. The predicted molar refractivity (Wildman–Crippen MR) is 64.3 cm³/mol. The molecule has 0 aliphatic rings. The van der Waals surface area contributed by atoms with Gasteiger partial charge in [-0.25, -0.2) is 8.42 Å². The summed E-state index contributed by atoms with van der Waals surface area (Å²) in [6, 6.07) is 4.83. The van der Waals surface area contributed by atoms with Crippen LogP contribution in [0.15, 0.2) is 18.2 Å². The largest absolute Gasteiger partial charge is 0.496 e. The Labute approximate surface area is 100 Å². The molecule has 0 saturated carbocycles. The van der Waals surface area contributed by atoms with Gasteiger partial charge in [0.05, 0.1) is 12.9 Å². The molecule has 0 saturated heterocycles. The molecule has 1 aromatic carbocycles. The Morgan fingerprint density at radius 3 is 2.75 bits per heavy atom. The van der Waals surface area contributed by atoms with Crippen molar-refractivity contribution in [2.75, 3.05) is 12.9 Å². The van der Waals surface area contributed by atoms with Crippen LogP contribution in [0, 0.1) is 12.3 Å². The zero-order valence-electron chi connectivity index (χ0n) is 8.73. The SMILES string of the molecule is C#CCS(=O)(=O)Cc1cc(Cl)ccc1OC. The first-order valence-electron chi connectivity index (χ1n) is 4.45. The van der Waals surface area contributed by atoms with Gasteiger partial charge in [-0.1, -0.05) is 17.5 Å². The van der Waals surface area contributed by atoms with Crippen molar-refractivity contribution >= 4 is 21.4 Å². The van der Waals surface area contributed by atoms with Crippen molar-refractivity contribution in [3.63, 3.8) is 0 Å². The van der Waals surface area contributed by atoms with Crippen molar-refractivity contribution in [1.29, 1.82) is 0 Å². The lowest BCUT2D eigenvalue weighted by Gasteiger charge is -2.08. The van der Waals surface area contributed by atoms with Crippen LogP contribution in [0.3, 0.4) is 0 Å². The predicted octanol–water partition coefficient (Wildman–Crippen LogP) is 1.90. The van der Waals surface area contributed by atoms with Crippen LogP contribution in [0.5, 0.6) is 5.75 Å². The van der Waals surface area contributed by atoms with Crippen LogP contribution in [0.4, 0.5) is 0 Å². The van der Waals surface area contributed by atoms with E-state index in [1.807, 2.05) is 0 Å². The van der Waals surface area contributed by atoms with Gasteiger partial charge in [-0.2, -0.15) is 0 Å². The van der Waals surface area contributed by atoms with E-state index in [0.717, 1.165) is 0 Å². The lowest BCUT2D eigenvalue weighted by Crippen LogP contribution is -2.08. The minimum Gasteiger partial charge on any atom is -0.496 e. The van der Waals surface area contributed by atoms with E-state index in [1.165, 1.54) is 7.11 Å². The van der Waals surface area contributed by atoms with Crippen LogP contribution in [-0.2, 0) is 15.6 Å². The zero-order chi connectivity index (χ0) is 12.2. The fourth-order valence-electron chi connectivity index (χ4n) is 1.27. The molecule has 0 amide bonds. The zero-order valence-corrected chi connectivity index (χ0v) is 10.3. The maximum atomic E-state index is 11.5. The van der Waals surface area contributed by atoms with E-state index < -0.39 is 9.84 Å². The molecular formula is C11H11ClO3S. The quantitative estimate of drug-likeness (QED) is 0.775. The summed E-state index contributed by atoms with van der Waals surface area (Å²) in [6.45, 7) is 0. The molecule has 0 fully saturated rings. The molecule has 0 N–H and O–H groups in total. The molecule has 0 aromatic heterocycles. The maximum absolute atomic E-state index is 11.5. The number of hydrogen-bond acceptors (Lipinski definition) is 3. The smallest absolute Gasteiger partial charge is 0.165 e. The van der Waals surface area contributed by atoms with E-state index in [0.29, 0.717) is 16.3 Å². The molecule has 0 radical (unpaired) electrons. The van der Waals surface area contributed by atoms with Gasteiger partial charge >= 0.3 is 0 Å². The van der Waals surface area contributed by atoms with Crippen LogP contribution in [0.25, 0.3) is 0 Å². The van der Waals surface area contributed by atoms with Crippen molar-refractivity contribution < 1.29 is 13.2 Å². The van der Waals surface area contributed by atoms with Crippen molar-refractivity contribution in [2.45, 2.75) is 5.75 Å². The van der Waals surface area contributed by atoms with Gasteiger partial charge in [0, 0.05) is 10.6 Å². The lowest BCUT2D eigenvalue weighted by molar-refractivity contribution is 0.411. The monoisotopic (exact) mass is 258 g/mol. The van der Waals surface area contributed by atoms with E-state index in [4.69, 9.17) is 22.8 Å². The Hall–Kier alpha value is -1.18. The van der Waals surface area contributed by atoms with Gasteiger partial charge in [0.15, 0.2) is 9.84 Å². The van der Waals surface area contributed by atoms with Crippen molar-refractivity contribution in [3.05, 3.63) is 28.8 Å². The average Bonchev–Trinajstić information content (AvgIpc) is 2.17. The van der Waals surface area contributed by atoms with Crippen molar-refractivity contribution in [2.24, 2.45) is 0 Å². The highest BCUT2D eigenvalue weighted by molar-refractivity contribution is 7.90. The van der Waals surface area contributed by atoms with Gasteiger partial charge in [-0.05, 0) is 18.2 Å². The summed E-state index contributed by atoms with van der Waals surface area (Å²) < 4.78 is 28.1. The lowest BCUT2D eigenvalue weighted by atomic mass is 10.2. The first kappa shape index (κ1) is 12.9. The summed E-state index contributed by atoms with van der Waals surface area (Å²) in [4.78, 5) is 0. The average molecular weight is 259 g/mol. The van der Waals surface area contributed by atoms with Crippen LogP contribution in [-0.4, -0.2) is 21.3 Å². The van der Waals surface area contributed by atoms with Crippen LogP contribution in [0.1, 0.15) is 5.56 Å². The van der Waals surface area contributed by atoms with E-state index in [-0.39, 0.29) is 11.5 Å². The van der Waals surface area contributed by atoms with Crippen LogP contribution in [0.2, 0.25) is 5.02 Å². The third kappa shape index (κ3) is 3.44. The van der Waals surface area contributed by atoms with Gasteiger partial charge in [0.25, 0.3) is 0 Å². The highest BCUT2D eigenvalue weighted by Gasteiger charge is 2.14. The number of benzene rings is 1. The molecule has 0 unspecified atom stereocenters. The second-order valence-electron chi connectivity index (χ2n) is 3.19. The van der Waals surface area contributed by atoms with Crippen molar-refractivity contribution in [3.8, 4) is 18.1 Å². The van der Waals surface area contributed by atoms with E-state index in [2.05, 4.69) is 5.92 Å². The van der Waals surface area contributed by atoms with Gasteiger partial charge < -0.3 is 4.74 Å². The summed E-state index contributed by atoms with van der Waals surface area (Å²) in [5.74, 6) is 2.15. The van der Waals surface area contributed by atoms with Gasteiger partial charge in [-0.15, -0.1) is 6.42 Å². The van der Waals surface area contributed by atoms with Crippen molar-refractivity contribution in [1.82, 2.24) is 0 Å². The molecule has 0 spiro atoms. The summed E-state index contributed by atoms with van der Waals surface area (Å²) in [5, 5.41) is 0.465. The molecule has 1 rings (SSSR count). The molecule has 0 atom stereocenters. The Balaban J connectivity index is 3.06. The first-order chi connectivity index (χ1) is 7.48. The highest BCUT2D eigenvalue weighted by atomic mass is 35.5. The normalized spacial score (nSPS) is 10.8. The minimum atomic E-state index is -3.31. The molecule has 0 aliphatic carbocycles. The number of terminal acetylenes is 1. The van der Waals surface area contributed by atoms with E-state index in [1.54, 1.807) is 18.2 Å². The second-order valence-corrected chi connectivity index (χ2v) is 5.69. The van der Waals surface area contributed by atoms with Crippen LogP contribution >= 0.6 is 11.6 Å². The summed E-state index contributed by atoms with van der Waals surface area (Å²) in [5.41, 5.74) is 0.519. The maximum Gasteiger partial charge on any atom is 0.165 e. The number of halogens is 1. The fourth-order valence-corrected chi connectivity index (χ4v) is 2.53. The van der Waals surface area contributed by atoms with E-state index in [9.17, 15) is 8.42 Å². The number of sulfone groups is 1. The fraction of sp³-hybridized carbons (Fsp3) is 0.273. The minimum absolute atomic E-state index is 0.166. The first-order valence-corrected chi connectivity index (χ1v) is 6.65. The highest BCUT2D eigenvalue weighted by Crippen LogP contribution is 2.24. The number of methoxy groups -OCH3 is 1. The summed E-state index contributed by atoms with van der Waals surface area (Å²) >= 11 is 5.79. The second kappa shape index (κ2) is 5.24. The summed E-state index contributed by atoms with van der Waals surface area (Å²) in [6.07, 6.45) is 4.98. The molecule has 5 heteroatoms. The number of hydrogen-bond donors (Lipinski definition) is 0. The molecule has 16 heavy (non-hydrogen) atoms.